The number of amides is 4. The molecule has 0 bridgehead atoms. The van der Waals surface area contributed by atoms with E-state index in [0.29, 0.717) is 5.13 Å². The summed E-state index contributed by atoms with van der Waals surface area (Å²) in [6.45, 7) is 3.48. The lowest BCUT2D eigenvalue weighted by Crippen LogP contribution is -2.46. The molecule has 2 aliphatic rings. The second kappa shape index (κ2) is 7.01. The van der Waals surface area contributed by atoms with Crippen LogP contribution in [0.2, 0.25) is 0 Å². The average molecular weight is 398 g/mol. The second-order valence-electron chi connectivity index (χ2n) is 7.64. The van der Waals surface area contributed by atoms with Gasteiger partial charge in [-0.2, -0.15) is 0 Å². The van der Waals surface area contributed by atoms with Gasteiger partial charge in [-0.05, 0) is 38.2 Å². The molecule has 2 aromatic rings. The number of aryl methyl sites for hydroxylation is 1. The minimum atomic E-state index is -0.875. The van der Waals surface area contributed by atoms with Gasteiger partial charge in [0.25, 0.3) is 5.91 Å². The van der Waals surface area contributed by atoms with Gasteiger partial charge in [-0.1, -0.05) is 29.8 Å². The van der Waals surface area contributed by atoms with Gasteiger partial charge in [-0.3, -0.25) is 14.5 Å². The molecular weight excluding hydrogens is 376 g/mol. The molecule has 4 rings (SSSR count). The summed E-state index contributed by atoms with van der Waals surface area (Å²) >= 11 is 1.39. The SMILES string of the molecule is Cc1ccc(Cc2cnc(NC(=O)CN3C(=O)NC(C)(C4CC4)C3=O)s2)cc1. The molecular formula is C20H22N4O3S. The highest BCUT2D eigenvalue weighted by atomic mass is 32.1. The second-order valence-corrected chi connectivity index (χ2v) is 8.76. The molecule has 4 amide bonds. The van der Waals surface area contributed by atoms with Crippen molar-refractivity contribution in [3.8, 4) is 0 Å². The van der Waals surface area contributed by atoms with Gasteiger partial charge in [0.05, 0.1) is 0 Å². The Morgan fingerprint density at radius 3 is 2.71 bits per heavy atom. The molecule has 1 atom stereocenters. The van der Waals surface area contributed by atoms with Crippen LogP contribution in [0.1, 0.15) is 35.8 Å². The van der Waals surface area contributed by atoms with Gasteiger partial charge in [-0.15, -0.1) is 11.3 Å². The highest BCUT2D eigenvalue weighted by Gasteiger charge is 2.56. The number of rotatable bonds is 6. The van der Waals surface area contributed by atoms with Crippen LogP contribution in [0.25, 0.3) is 0 Å². The first-order chi connectivity index (χ1) is 13.3. The average Bonchev–Trinajstić information content (AvgIpc) is 3.39. The Balaban J connectivity index is 1.35. The maximum atomic E-state index is 12.6. The number of benzene rings is 1. The maximum absolute atomic E-state index is 12.6. The molecule has 1 aliphatic heterocycles. The molecule has 28 heavy (non-hydrogen) atoms. The number of carbonyl (C=O) groups excluding carboxylic acids is 3. The molecule has 1 aliphatic carbocycles. The first-order valence-corrected chi connectivity index (χ1v) is 10.1. The molecule has 2 fully saturated rings. The number of imide groups is 1. The fourth-order valence-electron chi connectivity index (χ4n) is 3.45. The molecule has 146 valence electrons. The van der Waals surface area contributed by atoms with Crippen LogP contribution in [0.4, 0.5) is 9.93 Å². The van der Waals surface area contributed by atoms with Crippen molar-refractivity contribution in [3.63, 3.8) is 0 Å². The van der Waals surface area contributed by atoms with Crippen molar-refractivity contribution >= 4 is 34.3 Å². The van der Waals surface area contributed by atoms with E-state index in [1.165, 1.54) is 22.5 Å². The zero-order valence-corrected chi connectivity index (χ0v) is 16.6. The first kappa shape index (κ1) is 18.6. The summed E-state index contributed by atoms with van der Waals surface area (Å²) in [6, 6.07) is 7.76. The van der Waals surface area contributed by atoms with Crippen LogP contribution in [0.15, 0.2) is 30.5 Å². The zero-order valence-electron chi connectivity index (χ0n) is 15.8. The maximum Gasteiger partial charge on any atom is 0.325 e. The zero-order chi connectivity index (χ0) is 19.9. The fourth-order valence-corrected chi connectivity index (χ4v) is 4.32. The molecule has 2 heterocycles. The normalized spacial score (nSPS) is 21.7. The Hall–Kier alpha value is -2.74. The van der Waals surface area contributed by atoms with Crippen molar-refractivity contribution in [1.29, 1.82) is 0 Å². The number of nitrogens with zero attached hydrogens (tertiary/aromatic N) is 2. The Morgan fingerprint density at radius 2 is 2.04 bits per heavy atom. The van der Waals surface area contributed by atoms with Crippen LogP contribution < -0.4 is 10.6 Å². The number of thiazole rings is 1. The van der Waals surface area contributed by atoms with Crippen molar-refractivity contribution in [2.45, 2.75) is 38.6 Å². The van der Waals surface area contributed by atoms with Gasteiger partial charge >= 0.3 is 6.03 Å². The Morgan fingerprint density at radius 1 is 1.32 bits per heavy atom. The minimum absolute atomic E-state index is 0.167. The largest absolute Gasteiger partial charge is 0.325 e. The van der Waals surface area contributed by atoms with E-state index in [4.69, 9.17) is 0 Å². The van der Waals surface area contributed by atoms with Gasteiger partial charge in [0.1, 0.15) is 12.1 Å². The van der Waals surface area contributed by atoms with E-state index in [1.54, 1.807) is 13.1 Å². The standard InChI is InChI=1S/C20H22N4O3S/c1-12-3-5-13(6-4-12)9-15-10-21-18(28-15)22-16(25)11-24-17(26)20(2,14-7-8-14)23-19(24)27/h3-6,10,14H,7-9,11H2,1-2H3,(H,23,27)(H,21,22,25). The number of hydrogen-bond donors (Lipinski definition) is 2. The van der Waals surface area contributed by atoms with Crippen molar-refractivity contribution in [2.75, 3.05) is 11.9 Å². The lowest BCUT2D eigenvalue weighted by molar-refractivity contribution is -0.134. The van der Waals surface area contributed by atoms with E-state index in [0.717, 1.165) is 29.0 Å². The molecule has 8 heteroatoms. The Labute approximate surface area is 167 Å². The highest BCUT2D eigenvalue weighted by molar-refractivity contribution is 7.15. The van der Waals surface area contributed by atoms with Crippen LogP contribution in [0, 0.1) is 12.8 Å². The summed E-state index contributed by atoms with van der Waals surface area (Å²) in [5.74, 6) is -0.588. The third-order valence-corrected chi connectivity index (χ3v) is 6.21. The predicted octanol–water partition coefficient (Wildman–Crippen LogP) is 2.70. The number of aromatic nitrogens is 1. The smallest absolute Gasteiger partial charge is 0.323 e. The Kier molecular flexibility index (Phi) is 4.66. The van der Waals surface area contributed by atoms with Crippen LogP contribution in [-0.4, -0.2) is 39.8 Å². The van der Waals surface area contributed by atoms with Crippen molar-refractivity contribution in [2.24, 2.45) is 5.92 Å². The quantitative estimate of drug-likeness (QED) is 0.732. The van der Waals surface area contributed by atoms with Crippen LogP contribution in [0.3, 0.4) is 0 Å². The monoisotopic (exact) mass is 398 g/mol. The Bertz CT molecular complexity index is 935. The van der Waals surface area contributed by atoms with Crippen molar-refractivity contribution < 1.29 is 14.4 Å². The number of anilines is 1. The van der Waals surface area contributed by atoms with E-state index < -0.39 is 17.5 Å². The molecule has 7 nitrogen and oxygen atoms in total. The van der Waals surface area contributed by atoms with E-state index in [1.807, 2.05) is 6.92 Å². The molecule has 2 N–H and O–H groups in total. The minimum Gasteiger partial charge on any atom is -0.323 e. The van der Waals surface area contributed by atoms with Crippen molar-refractivity contribution in [3.05, 3.63) is 46.5 Å². The molecule has 1 aromatic carbocycles. The van der Waals surface area contributed by atoms with Crippen LogP contribution in [0.5, 0.6) is 0 Å². The van der Waals surface area contributed by atoms with Gasteiger partial charge in [0.2, 0.25) is 5.91 Å². The number of hydrogen-bond acceptors (Lipinski definition) is 5. The van der Waals surface area contributed by atoms with E-state index in [-0.39, 0.29) is 18.4 Å². The molecule has 1 aromatic heterocycles. The fraction of sp³-hybridized carbons (Fsp3) is 0.400. The van der Waals surface area contributed by atoms with Crippen LogP contribution >= 0.6 is 11.3 Å². The van der Waals surface area contributed by atoms with E-state index >= 15 is 0 Å². The number of urea groups is 1. The third kappa shape index (κ3) is 3.64. The van der Waals surface area contributed by atoms with Crippen LogP contribution in [-0.2, 0) is 16.0 Å². The predicted molar refractivity (Wildman–Crippen MR) is 106 cm³/mol. The topological polar surface area (TPSA) is 91.4 Å². The molecule has 0 radical (unpaired) electrons. The van der Waals surface area contributed by atoms with Gasteiger partial charge in [0.15, 0.2) is 5.13 Å². The molecule has 1 saturated carbocycles. The van der Waals surface area contributed by atoms with Gasteiger partial charge in [-0.25, -0.2) is 9.78 Å². The lowest BCUT2D eigenvalue weighted by Gasteiger charge is -2.20. The third-order valence-electron chi connectivity index (χ3n) is 5.30. The van der Waals surface area contributed by atoms with E-state index in [9.17, 15) is 14.4 Å². The summed E-state index contributed by atoms with van der Waals surface area (Å²) < 4.78 is 0. The van der Waals surface area contributed by atoms with Gasteiger partial charge < -0.3 is 10.6 Å². The summed E-state index contributed by atoms with van der Waals surface area (Å²) in [5, 5.41) is 5.90. The highest BCUT2D eigenvalue weighted by Crippen LogP contribution is 2.42. The van der Waals surface area contributed by atoms with E-state index in [2.05, 4.69) is 39.9 Å². The lowest BCUT2D eigenvalue weighted by atomic mass is 9.96. The number of carbonyl (C=O) groups is 3. The summed E-state index contributed by atoms with van der Waals surface area (Å²) in [5.41, 5.74) is 1.50. The number of nitrogens with one attached hydrogen (secondary N) is 2. The molecule has 0 spiro atoms. The summed E-state index contributed by atoms with van der Waals surface area (Å²) in [7, 11) is 0. The first-order valence-electron chi connectivity index (χ1n) is 9.29. The summed E-state index contributed by atoms with van der Waals surface area (Å²) in [4.78, 5) is 43.3. The summed E-state index contributed by atoms with van der Waals surface area (Å²) in [6.07, 6.45) is 4.31. The van der Waals surface area contributed by atoms with Gasteiger partial charge in [0, 0.05) is 17.5 Å². The van der Waals surface area contributed by atoms with Crippen molar-refractivity contribution in [1.82, 2.24) is 15.2 Å². The molecule has 1 saturated heterocycles. The molecule has 1 unspecified atom stereocenters.